The number of carboxylic acid groups (broad SMARTS) is 1. The van der Waals surface area contributed by atoms with Crippen molar-refractivity contribution in [1.82, 2.24) is 0 Å². The second kappa shape index (κ2) is 3.21. The topological polar surface area (TPSA) is 57.5 Å². The summed E-state index contributed by atoms with van der Waals surface area (Å²) in [6, 6.07) is 0. The Morgan fingerprint density at radius 2 is 2.25 bits per heavy atom. The van der Waals surface area contributed by atoms with E-state index in [0.29, 0.717) is 0 Å². The van der Waals surface area contributed by atoms with Crippen LogP contribution in [-0.4, -0.2) is 22.3 Å². The molecular weight excluding hydrogens is 108 g/mol. The molecule has 46 valence electrons. The minimum Gasteiger partial charge on any atom is -0.478 e. The minimum absolute atomic E-state index is 0.675. The molecule has 0 fully saturated rings. The first-order chi connectivity index (χ1) is 3.63. The number of aliphatic hydroxyl groups is 1. The molecule has 0 aliphatic carbocycles. The van der Waals surface area contributed by atoms with Gasteiger partial charge in [-0.3, -0.25) is 0 Å². The van der Waals surface area contributed by atoms with E-state index in [2.05, 4.69) is 0 Å². The van der Waals surface area contributed by atoms with Crippen LogP contribution >= 0.6 is 0 Å². The highest BCUT2D eigenvalue weighted by molar-refractivity contribution is 5.79. The highest BCUT2D eigenvalue weighted by atomic mass is 16.4. The first-order valence-corrected chi connectivity index (χ1v) is 2.22. The van der Waals surface area contributed by atoms with Crippen molar-refractivity contribution < 1.29 is 15.0 Å². The zero-order valence-electron chi connectivity index (χ0n) is 4.53. The fraction of sp³-hybridized carbons (Fsp3) is 0.400. The van der Waals surface area contributed by atoms with Crippen molar-refractivity contribution in [2.24, 2.45) is 0 Å². The molecule has 0 aromatic rings. The molecule has 0 aromatic heterocycles. The summed E-state index contributed by atoms with van der Waals surface area (Å²) in [5.74, 6) is -1.04. The third-order valence-corrected chi connectivity index (χ3v) is 0.517. The van der Waals surface area contributed by atoms with Gasteiger partial charge in [0.2, 0.25) is 0 Å². The van der Waals surface area contributed by atoms with Gasteiger partial charge in [-0.15, -0.1) is 0 Å². The molecule has 3 heteroatoms. The monoisotopic (exact) mass is 116 g/mol. The predicted molar refractivity (Wildman–Crippen MR) is 28.5 cm³/mol. The molecule has 0 unspecified atom stereocenters. The lowest BCUT2D eigenvalue weighted by Crippen LogP contribution is -1.95. The van der Waals surface area contributed by atoms with Crippen LogP contribution in [0.1, 0.15) is 6.92 Å². The molecule has 0 spiro atoms. The van der Waals surface area contributed by atoms with Crippen LogP contribution < -0.4 is 0 Å². The highest BCUT2D eigenvalue weighted by Crippen LogP contribution is 1.80. The summed E-state index contributed by atoms with van der Waals surface area (Å²) in [5.41, 5.74) is 0. The van der Waals surface area contributed by atoms with Crippen molar-refractivity contribution >= 4 is 5.97 Å². The molecule has 0 heterocycles. The fourth-order valence-corrected chi connectivity index (χ4v) is 0.222. The van der Waals surface area contributed by atoms with Crippen LogP contribution in [0.3, 0.4) is 0 Å². The number of rotatable bonds is 2. The molecule has 3 nitrogen and oxygen atoms in total. The van der Waals surface area contributed by atoms with E-state index in [0.717, 1.165) is 6.08 Å². The second-order valence-electron chi connectivity index (χ2n) is 1.44. The Morgan fingerprint density at radius 1 is 1.75 bits per heavy atom. The van der Waals surface area contributed by atoms with E-state index in [4.69, 9.17) is 10.2 Å². The van der Waals surface area contributed by atoms with Crippen molar-refractivity contribution in [3.05, 3.63) is 12.2 Å². The third-order valence-electron chi connectivity index (χ3n) is 0.517. The van der Waals surface area contributed by atoms with Gasteiger partial charge >= 0.3 is 5.97 Å². The molecule has 8 heavy (non-hydrogen) atoms. The average Bonchev–Trinajstić information content (AvgIpc) is 1.61. The van der Waals surface area contributed by atoms with Gasteiger partial charge in [-0.05, 0) is 13.0 Å². The molecule has 0 radical (unpaired) electrons. The van der Waals surface area contributed by atoms with Crippen LogP contribution in [-0.2, 0) is 4.79 Å². The van der Waals surface area contributed by atoms with Gasteiger partial charge in [0.05, 0.1) is 6.10 Å². The standard InChI is InChI=1S/C5H8O3/c1-4(6)2-3-5(7)8/h2-4,6H,1H3,(H,7,8)/b3-2+/t4-/m0/s1. The zero-order valence-corrected chi connectivity index (χ0v) is 4.53. The molecule has 0 saturated carbocycles. The lowest BCUT2D eigenvalue weighted by Gasteiger charge is -1.88. The number of aliphatic carboxylic acids is 1. The first kappa shape index (κ1) is 7.17. The van der Waals surface area contributed by atoms with E-state index in [1.807, 2.05) is 0 Å². The number of aliphatic hydroxyl groups excluding tert-OH is 1. The number of hydrogen-bond acceptors (Lipinski definition) is 2. The van der Waals surface area contributed by atoms with Crippen molar-refractivity contribution in [3.8, 4) is 0 Å². The Bertz CT molecular complexity index is 104. The fourth-order valence-electron chi connectivity index (χ4n) is 0.222. The lowest BCUT2D eigenvalue weighted by atomic mass is 10.4. The van der Waals surface area contributed by atoms with Crippen molar-refractivity contribution in [1.29, 1.82) is 0 Å². The summed E-state index contributed by atoms with van der Waals surface area (Å²) in [6.07, 6.45) is 1.43. The normalized spacial score (nSPS) is 14.2. The third kappa shape index (κ3) is 5.17. The maximum Gasteiger partial charge on any atom is 0.328 e. The van der Waals surface area contributed by atoms with Crippen LogP contribution in [0, 0.1) is 0 Å². The van der Waals surface area contributed by atoms with Crippen LogP contribution in [0.5, 0.6) is 0 Å². The molecular formula is C5H8O3. The molecule has 1 atom stereocenters. The maximum atomic E-state index is 9.71. The second-order valence-corrected chi connectivity index (χ2v) is 1.44. The van der Waals surface area contributed by atoms with E-state index in [1.165, 1.54) is 13.0 Å². The summed E-state index contributed by atoms with van der Waals surface area (Å²) in [6.45, 7) is 1.49. The van der Waals surface area contributed by atoms with E-state index >= 15 is 0 Å². The van der Waals surface area contributed by atoms with Crippen LogP contribution in [0.2, 0.25) is 0 Å². The molecule has 0 bridgehead atoms. The Morgan fingerprint density at radius 3 is 2.38 bits per heavy atom. The van der Waals surface area contributed by atoms with Gasteiger partial charge in [0.25, 0.3) is 0 Å². The Hall–Kier alpha value is -0.830. The van der Waals surface area contributed by atoms with E-state index in [1.54, 1.807) is 0 Å². The Kier molecular flexibility index (Phi) is 2.88. The van der Waals surface area contributed by atoms with E-state index < -0.39 is 12.1 Å². The van der Waals surface area contributed by atoms with E-state index in [9.17, 15) is 4.79 Å². The molecule has 0 rings (SSSR count). The lowest BCUT2D eigenvalue weighted by molar-refractivity contribution is -0.131. The summed E-state index contributed by atoms with van der Waals surface area (Å²) in [5, 5.41) is 16.4. The van der Waals surface area contributed by atoms with Gasteiger partial charge in [0.15, 0.2) is 0 Å². The maximum absolute atomic E-state index is 9.71. The summed E-state index contributed by atoms with van der Waals surface area (Å²) >= 11 is 0. The van der Waals surface area contributed by atoms with Crippen molar-refractivity contribution in [3.63, 3.8) is 0 Å². The van der Waals surface area contributed by atoms with Crippen LogP contribution in [0.25, 0.3) is 0 Å². The zero-order chi connectivity index (χ0) is 6.57. The van der Waals surface area contributed by atoms with Gasteiger partial charge in [-0.1, -0.05) is 0 Å². The molecule has 0 amide bonds. The van der Waals surface area contributed by atoms with Gasteiger partial charge in [0, 0.05) is 6.08 Å². The Balaban J connectivity index is 3.50. The molecule has 2 N–H and O–H groups in total. The van der Waals surface area contributed by atoms with Crippen molar-refractivity contribution in [2.75, 3.05) is 0 Å². The number of hydrogen-bond donors (Lipinski definition) is 2. The summed E-state index contributed by atoms with van der Waals surface area (Å²) in [7, 11) is 0. The van der Waals surface area contributed by atoms with Gasteiger partial charge in [-0.2, -0.15) is 0 Å². The number of carboxylic acids is 1. The van der Waals surface area contributed by atoms with Gasteiger partial charge in [-0.25, -0.2) is 4.79 Å². The Labute approximate surface area is 47.3 Å². The summed E-state index contributed by atoms with van der Waals surface area (Å²) < 4.78 is 0. The quantitative estimate of drug-likeness (QED) is 0.499. The minimum atomic E-state index is -1.04. The smallest absolute Gasteiger partial charge is 0.328 e. The predicted octanol–water partition coefficient (Wildman–Crippen LogP) is 0.00800. The highest BCUT2D eigenvalue weighted by Gasteiger charge is 1.87. The van der Waals surface area contributed by atoms with Gasteiger partial charge in [0.1, 0.15) is 0 Å². The van der Waals surface area contributed by atoms with E-state index in [-0.39, 0.29) is 0 Å². The molecule has 0 aromatic carbocycles. The van der Waals surface area contributed by atoms with Crippen LogP contribution in [0.15, 0.2) is 12.2 Å². The van der Waals surface area contributed by atoms with Gasteiger partial charge < -0.3 is 10.2 Å². The largest absolute Gasteiger partial charge is 0.478 e. The number of carbonyl (C=O) groups is 1. The average molecular weight is 116 g/mol. The molecule has 0 aliphatic heterocycles. The SMILES string of the molecule is C[C@H](O)/C=C/C(=O)O. The first-order valence-electron chi connectivity index (χ1n) is 2.22. The van der Waals surface area contributed by atoms with Crippen molar-refractivity contribution in [2.45, 2.75) is 13.0 Å². The van der Waals surface area contributed by atoms with Crippen LogP contribution in [0.4, 0.5) is 0 Å². The molecule has 0 saturated heterocycles. The molecule has 0 aliphatic rings. The summed E-state index contributed by atoms with van der Waals surface area (Å²) in [4.78, 5) is 9.71.